The van der Waals surface area contributed by atoms with E-state index in [1.54, 1.807) is 20.1 Å². The summed E-state index contributed by atoms with van der Waals surface area (Å²) in [7, 11) is 1.66. The number of aryl methyl sites for hydroxylation is 1. The molecule has 3 heteroatoms. The van der Waals surface area contributed by atoms with Gasteiger partial charge < -0.3 is 4.74 Å². The van der Waals surface area contributed by atoms with Crippen molar-refractivity contribution >= 4 is 5.78 Å². The quantitative estimate of drug-likeness (QED) is 0.750. The second-order valence-corrected chi connectivity index (χ2v) is 4.80. The van der Waals surface area contributed by atoms with Crippen molar-refractivity contribution in [2.24, 2.45) is 0 Å². The minimum atomic E-state index is -0.302. The molecule has 0 N–H and O–H groups in total. The van der Waals surface area contributed by atoms with Crippen LogP contribution in [0.5, 0.6) is 0 Å². The average Bonchev–Trinajstić information content (AvgIpc) is 2.23. The van der Waals surface area contributed by atoms with Crippen LogP contribution < -0.4 is 0 Å². The largest absolute Gasteiger partial charge is 0.378 e. The van der Waals surface area contributed by atoms with Crippen molar-refractivity contribution in [1.82, 2.24) is 0 Å². The molecule has 0 bridgehead atoms. The molecule has 1 aromatic carbocycles. The third kappa shape index (κ3) is 2.39. The minimum Gasteiger partial charge on any atom is -0.378 e. The van der Waals surface area contributed by atoms with Crippen LogP contribution in [-0.2, 0) is 4.74 Å². The Bertz CT molecular complexity index is 430. The summed E-state index contributed by atoms with van der Waals surface area (Å²) in [5, 5.41) is 0. The van der Waals surface area contributed by atoms with Crippen LogP contribution in [0.2, 0.25) is 0 Å². The summed E-state index contributed by atoms with van der Waals surface area (Å²) in [6.07, 6.45) is 3.39. The molecule has 1 saturated carbocycles. The Morgan fingerprint density at radius 3 is 2.65 bits per heavy atom. The monoisotopic (exact) mass is 236 g/mol. The van der Waals surface area contributed by atoms with Crippen molar-refractivity contribution in [3.05, 3.63) is 35.1 Å². The minimum absolute atomic E-state index is 0.0454. The molecule has 0 saturated heterocycles. The Kier molecular flexibility index (Phi) is 3.29. The third-order valence-corrected chi connectivity index (χ3v) is 3.67. The molecule has 1 aromatic rings. The molecule has 0 spiro atoms. The molecule has 0 radical (unpaired) electrons. The average molecular weight is 236 g/mol. The molecular weight excluding hydrogens is 219 g/mol. The zero-order chi connectivity index (χ0) is 12.5. The van der Waals surface area contributed by atoms with Gasteiger partial charge in [-0.2, -0.15) is 0 Å². The predicted octanol–water partition coefficient (Wildman–Crippen LogP) is 3.28. The Morgan fingerprint density at radius 2 is 2.18 bits per heavy atom. The van der Waals surface area contributed by atoms with Gasteiger partial charge in [0, 0.05) is 19.1 Å². The first-order valence-corrected chi connectivity index (χ1v) is 5.91. The van der Waals surface area contributed by atoms with Crippen molar-refractivity contribution in [3.63, 3.8) is 0 Å². The fourth-order valence-corrected chi connectivity index (χ4v) is 2.35. The summed E-state index contributed by atoms with van der Waals surface area (Å²) in [4.78, 5) is 12.1. The summed E-state index contributed by atoms with van der Waals surface area (Å²) in [6, 6.07) is 4.29. The second kappa shape index (κ2) is 4.57. The number of halogens is 1. The van der Waals surface area contributed by atoms with E-state index in [4.69, 9.17) is 4.74 Å². The summed E-state index contributed by atoms with van der Waals surface area (Å²) >= 11 is 0. The van der Waals surface area contributed by atoms with Crippen LogP contribution in [0.25, 0.3) is 0 Å². The van der Waals surface area contributed by atoms with Crippen LogP contribution >= 0.6 is 0 Å². The number of ketones is 1. The first kappa shape index (κ1) is 12.2. The lowest BCUT2D eigenvalue weighted by Crippen LogP contribution is -2.41. The Morgan fingerprint density at radius 1 is 1.47 bits per heavy atom. The second-order valence-electron chi connectivity index (χ2n) is 4.80. The van der Waals surface area contributed by atoms with E-state index in [0.717, 1.165) is 19.3 Å². The lowest BCUT2D eigenvalue weighted by Gasteiger charge is -2.40. The number of ether oxygens (including phenoxy) is 1. The van der Waals surface area contributed by atoms with E-state index in [9.17, 15) is 9.18 Å². The van der Waals surface area contributed by atoms with Gasteiger partial charge in [-0.25, -0.2) is 4.39 Å². The van der Waals surface area contributed by atoms with Gasteiger partial charge in [0.25, 0.3) is 0 Å². The number of hydrogen-bond donors (Lipinski definition) is 0. The predicted molar refractivity (Wildman–Crippen MR) is 63.7 cm³/mol. The highest BCUT2D eigenvalue weighted by Gasteiger charge is 2.39. The highest BCUT2D eigenvalue weighted by molar-refractivity contribution is 5.98. The number of carbonyl (C=O) groups is 1. The summed E-state index contributed by atoms with van der Waals surface area (Å²) in [6.45, 7) is 1.76. The summed E-state index contributed by atoms with van der Waals surface area (Å²) in [5.41, 5.74) is 1.04. The number of rotatable bonds is 4. The van der Waals surface area contributed by atoms with Crippen molar-refractivity contribution in [3.8, 4) is 0 Å². The number of methoxy groups -OCH3 is 1. The molecule has 2 rings (SSSR count). The topological polar surface area (TPSA) is 26.3 Å². The molecule has 0 unspecified atom stereocenters. The van der Waals surface area contributed by atoms with Crippen LogP contribution in [0, 0.1) is 12.7 Å². The van der Waals surface area contributed by atoms with Crippen molar-refractivity contribution in [2.45, 2.75) is 38.2 Å². The summed E-state index contributed by atoms with van der Waals surface area (Å²) in [5.74, 6) is -0.256. The van der Waals surface area contributed by atoms with Crippen LogP contribution in [0.1, 0.15) is 41.6 Å². The smallest absolute Gasteiger partial charge is 0.166 e. The van der Waals surface area contributed by atoms with Crippen LogP contribution in [0.4, 0.5) is 4.39 Å². The van der Waals surface area contributed by atoms with Crippen molar-refractivity contribution in [2.75, 3.05) is 7.11 Å². The molecular formula is C14H17FO2. The van der Waals surface area contributed by atoms with Gasteiger partial charge in [-0.05, 0) is 49.9 Å². The molecule has 1 aliphatic rings. The van der Waals surface area contributed by atoms with Gasteiger partial charge >= 0.3 is 0 Å². The van der Waals surface area contributed by atoms with Crippen LogP contribution in [0.15, 0.2) is 18.2 Å². The van der Waals surface area contributed by atoms with Gasteiger partial charge in [0.2, 0.25) is 0 Å². The fourth-order valence-electron chi connectivity index (χ4n) is 2.35. The van der Waals surface area contributed by atoms with Gasteiger partial charge in [0.15, 0.2) is 5.78 Å². The van der Waals surface area contributed by atoms with Gasteiger partial charge in [0.1, 0.15) is 5.82 Å². The van der Waals surface area contributed by atoms with E-state index >= 15 is 0 Å². The zero-order valence-corrected chi connectivity index (χ0v) is 10.3. The molecule has 0 heterocycles. The highest BCUT2D eigenvalue weighted by atomic mass is 19.1. The fraction of sp³-hybridized carbons (Fsp3) is 0.500. The molecule has 1 fully saturated rings. The molecule has 0 atom stereocenters. The standard InChI is InChI=1S/C14H17FO2/c1-10-8-11(15)4-5-12(10)13(16)9-14(17-2)6-3-7-14/h4-5,8H,3,6-7,9H2,1-2H3. The number of benzene rings is 1. The van der Waals surface area contributed by atoms with Gasteiger partial charge in [-0.1, -0.05) is 0 Å². The summed E-state index contributed by atoms with van der Waals surface area (Å²) < 4.78 is 18.4. The normalized spacial score (nSPS) is 17.6. The number of Topliss-reactive ketones (excluding diaryl/α,β-unsaturated/α-hetero) is 1. The van der Waals surface area contributed by atoms with Gasteiger partial charge in [0.05, 0.1) is 5.60 Å². The maximum absolute atomic E-state index is 13.0. The maximum atomic E-state index is 13.0. The van der Waals surface area contributed by atoms with E-state index in [1.807, 2.05) is 0 Å². The molecule has 92 valence electrons. The highest BCUT2D eigenvalue weighted by Crippen LogP contribution is 2.39. The zero-order valence-electron chi connectivity index (χ0n) is 10.3. The molecule has 0 amide bonds. The van der Waals surface area contributed by atoms with Crippen molar-refractivity contribution < 1.29 is 13.9 Å². The number of carbonyl (C=O) groups excluding carboxylic acids is 1. The molecule has 17 heavy (non-hydrogen) atoms. The van der Waals surface area contributed by atoms with E-state index in [0.29, 0.717) is 17.5 Å². The van der Waals surface area contributed by atoms with E-state index < -0.39 is 0 Å². The lowest BCUT2D eigenvalue weighted by atomic mass is 9.75. The molecule has 0 aliphatic heterocycles. The lowest BCUT2D eigenvalue weighted by molar-refractivity contribution is -0.0704. The Balaban J connectivity index is 2.14. The Hall–Kier alpha value is -1.22. The number of hydrogen-bond acceptors (Lipinski definition) is 2. The molecule has 2 nitrogen and oxygen atoms in total. The molecule has 1 aliphatic carbocycles. The first-order chi connectivity index (χ1) is 8.06. The van der Waals surface area contributed by atoms with Crippen LogP contribution in [0.3, 0.4) is 0 Å². The Labute approximate surface area is 101 Å². The third-order valence-electron chi connectivity index (χ3n) is 3.67. The SMILES string of the molecule is COC1(CC(=O)c2ccc(F)cc2C)CCC1. The van der Waals surface area contributed by atoms with E-state index in [2.05, 4.69) is 0 Å². The van der Waals surface area contributed by atoms with E-state index in [-0.39, 0.29) is 17.2 Å². The van der Waals surface area contributed by atoms with Crippen LogP contribution in [-0.4, -0.2) is 18.5 Å². The van der Waals surface area contributed by atoms with Crippen molar-refractivity contribution in [1.29, 1.82) is 0 Å². The maximum Gasteiger partial charge on any atom is 0.166 e. The van der Waals surface area contributed by atoms with E-state index in [1.165, 1.54) is 12.1 Å². The molecule has 0 aromatic heterocycles. The van der Waals surface area contributed by atoms with Gasteiger partial charge in [-0.15, -0.1) is 0 Å². The van der Waals surface area contributed by atoms with Gasteiger partial charge in [-0.3, -0.25) is 4.79 Å². The first-order valence-electron chi connectivity index (χ1n) is 5.91.